The van der Waals surface area contributed by atoms with Gasteiger partial charge in [-0.1, -0.05) is 133 Å². The zero-order valence-corrected chi connectivity index (χ0v) is 29.0. The van der Waals surface area contributed by atoms with Crippen molar-refractivity contribution in [2.45, 2.75) is 13.5 Å². The predicted octanol–water partition coefficient (Wildman–Crippen LogP) is 13.6. The van der Waals surface area contributed by atoms with E-state index in [0.29, 0.717) is 0 Å². The van der Waals surface area contributed by atoms with E-state index >= 15 is 0 Å². The van der Waals surface area contributed by atoms with Crippen LogP contribution >= 0.6 is 0 Å². The third-order valence-corrected chi connectivity index (χ3v) is 10.7. The second-order valence-corrected chi connectivity index (χ2v) is 13.7. The topological polar surface area (TPSA) is 9.86 Å². The lowest BCUT2D eigenvalue weighted by atomic mass is 9.96. The van der Waals surface area contributed by atoms with Crippen LogP contribution in [0.1, 0.15) is 29.2 Å². The summed E-state index contributed by atoms with van der Waals surface area (Å²) in [4.78, 5) is 0. The average molecular weight is 665 g/mol. The maximum Gasteiger partial charge on any atom is 0.0541 e. The summed E-state index contributed by atoms with van der Waals surface area (Å²) in [6.45, 7) is 3.16. The molecule has 0 radical (unpaired) electrons. The Morgan fingerprint density at radius 2 is 0.904 bits per heavy atom. The Balaban J connectivity index is 1.09. The zero-order valence-electron chi connectivity index (χ0n) is 29.0. The standard InChI is InChI=1S/C50H36N2/c1-2-51-47-19-11-10-18-43(47)44-27-23-36(32-50(44)51)21-20-34-24-28-48-45(30-34)46-31-35(25-29-49(46)52(48)39-14-4-3-5-15-39)22-26-42-40-16-8-6-12-37(40)33-38-13-7-9-17-41(38)42/h3-33H,2H2,1H3. The summed E-state index contributed by atoms with van der Waals surface area (Å²) in [6, 6.07) is 59.7. The van der Waals surface area contributed by atoms with Crippen LogP contribution in [0, 0.1) is 0 Å². The first-order chi connectivity index (χ1) is 25.7. The van der Waals surface area contributed by atoms with Crippen molar-refractivity contribution in [1.29, 1.82) is 0 Å². The summed E-state index contributed by atoms with van der Waals surface area (Å²) in [5.74, 6) is 0. The molecule has 2 aromatic heterocycles. The number of rotatable bonds is 6. The van der Waals surface area contributed by atoms with Crippen molar-refractivity contribution in [2.75, 3.05) is 0 Å². The van der Waals surface area contributed by atoms with E-state index in [1.54, 1.807) is 0 Å². The lowest BCUT2D eigenvalue weighted by Gasteiger charge is -2.09. The molecule has 0 N–H and O–H groups in total. The van der Waals surface area contributed by atoms with Crippen molar-refractivity contribution in [2.24, 2.45) is 0 Å². The number of hydrogen-bond donors (Lipinski definition) is 0. The number of aromatic nitrogens is 2. The summed E-state index contributed by atoms with van der Waals surface area (Å²) in [7, 11) is 0. The Morgan fingerprint density at radius 1 is 0.385 bits per heavy atom. The van der Waals surface area contributed by atoms with Gasteiger partial charge in [-0.15, -0.1) is 0 Å². The van der Waals surface area contributed by atoms with Gasteiger partial charge in [0.15, 0.2) is 0 Å². The molecule has 246 valence electrons. The molecule has 0 atom stereocenters. The average Bonchev–Trinajstić information content (AvgIpc) is 3.70. The van der Waals surface area contributed by atoms with E-state index in [9.17, 15) is 0 Å². The second kappa shape index (κ2) is 12.3. The Kier molecular flexibility index (Phi) is 7.14. The van der Waals surface area contributed by atoms with Crippen LogP contribution in [-0.4, -0.2) is 9.13 Å². The smallest absolute Gasteiger partial charge is 0.0541 e. The first-order valence-corrected chi connectivity index (χ1v) is 18.1. The van der Waals surface area contributed by atoms with Crippen LogP contribution in [0.25, 0.3) is 95.1 Å². The maximum absolute atomic E-state index is 2.42. The second-order valence-electron chi connectivity index (χ2n) is 13.7. The lowest BCUT2D eigenvalue weighted by molar-refractivity contribution is 0.827. The normalized spacial score (nSPS) is 12.2. The molecule has 0 aliphatic rings. The molecule has 0 aliphatic heterocycles. The summed E-state index contributed by atoms with van der Waals surface area (Å²) >= 11 is 0. The monoisotopic (exact) mass is 664 g/mol. The Hall–Kier alpha value is -6.64. The van der Waals surface area contributed by atoms with Crippen molar-refractivity contribution < 1.29 is 0 Å². The molecule has 2 heterocycles. The molecule has 0 saturated heterocycles. The van der Waals surface area contributed by atoms with Crippen molar-refractivity contribution in [3.63, 3.8) is 0 Å². The fourth-order valence-electron chi connectivity index (χ4n) is 8.23. The minimum atomic E-state index is 0.940. The Labute approximate surface area is 302 Å². The summed E-state index contributed by atoms with van der Waals surface area (Å²) in [5, 5.41) is 10.2. The van der Waals surface area contributed by atoms with Crippen molar-refractivity contribution in [3.05, 3.63) is 186 Å². The first-order valence-electron chi connectivity index (χ1n) is 18.1. The summed E-state index contributed by atoms with van der Waals surface area (Å²) in [5.41, 5.74) is 11.0. The van der Waals surface area contributed by atoms with E-state index in [0.717, 1.165) is 12.2 Å². The molecular formula is C50H36N2. The van der Waals surface area contributed by atoms with E-state index < -0.39 is 0 Å². The lowest BCUT2D eigenvalue weighted by Crippen LogP contribution is -1.93. The number of hydrogen-bond acceptors (Lipinski definition) is 0. The Morgan fingerprint density at radius 3 is 1.56 bits per heavy atom. The van der Waals surface area contributed by atoms with Gasteiger partial charge in [-0.25, -0.2) is 0 Å². The van der Waals surface area contributed by atoms with Crippen LogP contribution in [-0.2, 0) is 6.54 Å². The van der Waals surface area contributed by atoms with E-state index in [1.807, 2.05) is 0 Å². The molecule has 0 bridgehead atoms. The third kappa shape index (κ3) is 4.95. The molecule has 2 heteroatoms. The van der Waals surface area contributed by atoms with Gasteiger partial charge in [0, 0.05) is 44.8 Å². The fourth-order valence-corrected chi connectivity index (χ4v) is 8.23. The molecule has 2 nitrogen and oxygen atoms in total. The van der Waals surface area contributed by atoms with E-state index in [1.165, 1.54) is 87.4 Å². The predicted molar refractivity (Wildman–Crippen MR) is 225 cm³/mol. The number of fused-ring (bicyclic) bond motifs is 8. The molecular weight excluding hydrogens is 629 g/mol. The van der Waals surface area contributed by atoms with Gasteiger partial charge in [-0.05, 0) is 105 Å². The number of aryl methyl sites for hydroxylation is 1. The van der Waals surface area contributed by atoms with Crippen molar-refractivity contribution in [3.8, 4) is 5.69 Å². The molecule has 52 heavy (non-hydrogen) atoms. The van der Waals surface area contributed by atoms with Gasteiger partial charge >= 0.3 is 0 Å². The highest BCUT2D eigenvalue weighted by Gasteiger charge is 2.14. The third-order valence-electron chi connectivity index (χ3n) is 10.7. The first kappa shape index (κ1) is 30.2. The van der Waals surface area contributed by atoms with E-state index in [4.69, 9.17) is 0 Å². The minimum absolute atomic E-state index is 0.940. The van der Waals surface area contributed by atoms with E-state index in [2.05, 4.69) is 204 Å². The van der Waals surface area contributed by atoms with Gasteiger partial charge in [-0.2, -0.15) is 0 Å². The van der Waals surface area contributed by atoms with Gasteiger partial charge in [0.1, 0.15) is 0 Å². The molecule has 0 fully saturated rings. The molecule has 0 spiro atoms. The molecule has 10 aromatic rings. The molecule has 0 unspecified atom stereocenters. The van der Waals surface area contributed by atoms with Crippen molar-refractivity contribution in [1.82, 2.24) is 9.13 Å². The highest BCUT2D eigenvalue weighted by molar-refractivity contribution is 6.12. The molecule has 0 amide bonds. The number of benzene rings is 8. The number of para-hydroxylation sites is 2. The summed E-state index contributed by atoms with van der Waals surface area (Å²) < 4.78 is 4.81. The largest absolute Gasteiger partial charge is 0.341 e. The summed E-state index contributed by atoms with van der Waals surface area (Å²) in [6.07, 6.45) is 9.07. The van der Waals surface area contributed by atoms with E-state index in [-0.39, 0.29) is 0 Å². The van der Waals surface area contributed by atoms with Crippen LogP contribution in [0.2, 0.25) is 0 Å². The van der Waals surface area contributed by atoms with Crippen LogP contribution in [0.5, 0.6) is 0 Å². The zero-order chi connectivity index (χ0) is 34.6. The maximum atomic E-state index is 2.42. The Bertz CT molecular complexity index is 2990. The minimum Gasteiger partial charge on any atom is -0.341 e. The quantitative estimate of drug-likeness (QED) is 0.124. The van der Waals surface area contributed by atoms with Crippen LogP contribution in [0.3, 0.4) is 0 Å². The van der Waals surface area contributed by atoms with Gasteiger partial charge in [0.05, 0.1) is 11.0 Å². The van der Waals surface area contributed by atoms with Gasteiger partial charge in [-0.3, -0.25) is 0 Å². The molecule has 0 aliphatic carbocycles. The van der Waals surface area contributed by atoms with Crippen LogP contribution in [0.4, 0.5) is 0 Å². The molecule has 0 saturated carbocycles. The fraction of sp³-hybridized carbons (Fsp3) is 0.0400. The SMILES string of the molecule is CCn1c2ccccc2c2ccc(C=Cc3ccc4c(c3)c3cc(C=Cc5c6ccccc6cc6ccccc56)ccc3n4-c3ccccc3)cc21. The van der Waals surface area contributed by atoms with Gasteiger partial charge in [0.2, 0.25) is 0 Å². The van der Waals surface area contributed by atoms with Gasteiger partial charge in [0.25, 0.3) is 0 Å². The van der Waals surface area contributed by atoms with Crippen LogP contribution < -0.4 is 0 Å². The highest BCUT2D eigenvalue weighted by Crippen LogP contribution is 2.36. The van der Waals surface area contributed by atoms with Crippen molar-refractivity contribution >= 4 is 89.5 Å². The molecule has 8 aromatic carbocycles. The van der Waals surface area contributed by atoms with Gasteiger partial charge < -0.3 is 9.13 Å². The van der Waals surface area contributed by atoms with Crippen LogP contribution in [0.15, 0.2) is 164 Å². The number of nitrogens with zero attached hydrogens (tertiary/aromatic N) is 2. The molecule has 10 rings (SSSR count). The highest BCUT2D eigenvalue weighted by atomic mass is 15.0.